The normalized spacial score (nSPS) is 16.7. The van der Waals surface area contributed by atoms with Crippen molar-refractivity contribution in [2.45, 2.75) is 33.2 Å². The number of hydrogen-bond donors (Lipinski definition) is 1. The zero-order chi connectivity index (χ0) is 16.2. The van der Waals surface area contributed by atoms with Crippen molar-refractivity contribution in [2.24, 2.45) is 0 Å². The van der Waals surface area contributed by atoms with Gasteiger partial charge < -0.3 is 14.8 Å². The van der Waals surface area contributed by atoms with Crippen LogP contribution in [-0.2, 0) is 6.42 Å². The Bertz CT molecular complexity index is 664. The molecule has 1 heterocycles. The summed E-state index contributed by atoms with van der Waals surface area (Å²) in [5.41, 5.74) is 5.22. The largest absolute Gasteiger partial charge is 0.490 e. The second-order valence-electron chi connectivity index (χ2n) is 5.91. The molecule has 3 heteroatoms. The van der Waals surface area contributed by atoms with E-state index in [0.717, 1.165) is 24.5 Å². The maximum Gasteiger partial charge on any atom is 0.161 e. The van der Waals surface area contributed by atoms with Gasteiger partial charge in [-0.05, 0) is 56.0 Å². The molecule has 122 valence electrons. The van der Waals surface area contributed by atoms with Gasteiger partial charge in [0.15, 0.2) is 11.5 Å². The SMILES string of the molecule is CCOc1cc2c(cc1OCC)C(c1ccc(C)cc1)NCC2. The van der Waals surface area contributed by atoms with E-state index in [-0.39, 0.29) is 6.04 Å². The second-order valence-corrected chi connectivity index (χ2v) is 5.91. The molecule has 2 aromatic rings. The summed E-state index contributed by atoms with van der Waals surface area (Å²) in [5, 5.41) is 3.64. The third-order valence-electron chi connectivity index (χ3n) is 4.27. The second kappa shape index (κ2) is 7.05. The smallest absolute Gasteiger partial charge is 0.161 e. The molecule has 1 aliphatic rings. The molecule has 1 atom stereocenters. The highest BCUT2D eigenvalue weighted by atomic mass is 16.5. The van der Waals surface area contributed by atoms with Gasteiger partial charge in [0, 0.05) is 6.54 Å². The fourth-order valence-corrected chi connectivity index (χ4v) is 3.16. The lowest BCUT2D eigenvalue weighted by atomic mass is 9.89. The molecule has 23 heavy (non-hydrogen) atoms. The number of rotatable bonds is 5. The lowest BCUT2D eigenvalue weighted by Gasteiger charge is -2.29. The van der Waals surface area contributed by atoms with E-state index in [9.17, 15) is 0 Å². The van der Waals surface area contributed by atoms with Gasteiger partial charge in [-0.25, -0.2) is 0 Å². The lowest BCUT2D eigenvalue weighted by molar-refractivity contribution is 0.286. The molecule has 0 bridgehead atoms. The van der Waals surface area contributed by atoms with Crippen LogP contribution >= 0.6 is 0 Å². The van der Waals surface area contributed by atoms with Crippen LogP contribution in [0.2, 0.25) is 0 Å². The number of hydrogen-bond acceptors (Lipinski definition) is 3. The zero-order valence-corrected chi connectivity index (χ0v) is 14.2. The third kappa shape index (κ3) is 3.35. The monoisotopic (exact) mass is 311 g/mol. The van der Waals surface area contributed by atoms with E-state index >= 15 is 0 Å². The van der Waals surface area contributed by atoms with Crippen molar-refractivity contribution in [1.82, 2.24) is 5.32 Å². The van der Waals surface area contributed by atoms with Gasteiger partial charge in [-0.3, -0.25) is 0 Å². The van der Waals surface area contributed by atoms with Crippen LogP contribution in [0.15, 0.2) is 36.4 Å². The summed E-state index contributed by atoms with van der Waals surface area (Å²) in [6.07, 6.45) is 1.02. The first-order valence-electron chi connectivity index (χ1n) is 8.45. The van der Waals surface area contributed by atoms with Crippen molar-refractivity contribution < 1.29 is 9.47 Å². The number of benzene rings is 2. The summed E-state index contributed by atoms with van der Waals surface area (Å²) >= 11 is 0. The van der Waals surface area contributed by atoms with Crippen molar-refractivity contribution in [1.29, 1.82) is 0 Å². The number of aryl methyl sites for hydroxylation is 1. The quantitative estimate of drug-likeness (QED) is 0.904. The zero-order valence-electron chi connectivity index (χ0n) is 14.2. The maximum atomic E-state index is 5.81. The summed E-state index contributed by atoms with van der Waals surface area (Å²) in [7, 11) is 0. The van der Waals surface area contributed by atoms with Gasteiger partial charge in [0.05, 0.1) is 19.3 Å². The highest BCUT2D eigenvalue weighted by Gasteiger charge is 2.24. The van der Waals surface area contributed by atoms with Gasteiger partial charge in [-0.2, -0.15) is 0 Å². The van der Waals surface area contributed by atoms with Crippen molar-refractivity contribution in [2.75, 3.05) is 19.8 Å². The van der Waals surface area contributed by atoms with Crippen LogP contribution in [0.1, 0.15) is 42.1 Å². The molecule has 2 aromatic carbocycles. The van der Waals surface area contributed by atoms with Gasteiger partial charge in [0.1, 0.15) is 0 Å². The first-order chi connectivity index (χ1) is 11.2. The van der Waals surface area contributed by atoms with E-state index in [0.29, 0.717) is 13.2 Å². The minimum absolute atomic E-state index is 0.217. The molecule has 1 aliphatic heterocycles. The Morgan fingerprint density at radius 1 is 1.00 bits per heavy atom. The Labute approximate surface area is 138 Å². The van der Waals surface area contributed by atoms with E-state index in [4.69, 9.17) is 9.47 Å². The molecular weight excluding hydrogens is 286 g/mol. The van der Waals surface area contributed by atoms with Crippen LogP contribution in [0.3, 0.4) is 0 Å². The minimum Gasteiger partial charge on any atom is -0.490 e. The fraction of sp³-hybridized carbons (Fsp3) is 0.400. The Hall–Kier alpha value is -2.00. The summed E-state index contributed by atoms with van der Waals surface area (Å²) in [6.45, 7) is 8.40. The van der Waals surface area contributed by atoms with Gasteiger partial charge in [0.25, 0.3) is 0 Å². The Morgan fingerprint density at radius 3 is 2.30 bits per heavy atom. The van der Waals surface area contributed by atoms with E-state index in [2.05, 4.69) is 48.6 Å². The Balaban J connectivity index is 2.02. The summed E-state index contributed by atoms with van der Waals surface area (Å²) in [5.74, 6) is 1.70. The highest BCUT2D eigenvalue weighted by molar-refractivity contribution is 5.51. The highest BCUT2D eigenvalue weighted by Crippen LogP contribution is 2.37. The number of ether oxygens (including phenoxy) is 2. The predicted molar refractivity (Wildman–Crippen MR) is 93.5 cm³/mol. The molecule has 3 nitrogen and oxygen atoms in total. The van der Waals surface area contributed by atoms with E-state index in [1.807, 2.05) is 13.8 Å². The van der Waals surface area contributed by atoms with Gasteiger partial charge in [-0.15, -0.1) is 0 Å². The molecule has 0 fully saturated rings. The molecule has 0 saturated heterocycles. The molecule has 0 amide bonds. The fourth-order valence-electron chi connectivity index (χ4n) is 3.16. The van der Waals surface area contributed by atoms with Crippen LogP contribution in [0.5, 0.6) is 11.5 Å². The first-order valence-corrected chi connectivity index (χ1v) is 8.45. The lowest BCUT2D eigenvalue weighted by Crippen LogP contribution is -2.30. The van der Waals surface area contributed by atoms with Crippen LogP contribution in [0.25, 0.3) is 0 Å². The number of nitrogens with one attached hydrogen (secondary N) is 1. The van der Waals surface area contributed by atoms with Crippen LogP contribution in [0, 0.1) is 6.92 Å². The Kier molecular flexibility index (Phi) is 4.87. The van der Waals surface area contributed by atoms with Gasteiger partial charge in [-0.1, -0.05) is 29.8 Å². The van der Waals surface area contributed by atoms with Crippen molar-refractivity contribution in [3.63, 3.8) is 0 Å². The molecule has 1 N–H and O–H groups in total. The van der Waals surface area contributed by atoms with Crippen molar-refractivity contribution in [3.05, 3.63) is 58.7 Å². The molecule has 0 aliphatic carbocycles. The summed E-state index contributed by atoms with van der Waals surface area (Å²) in [6, 6.07) is 13.3. The average Bonchev–Trinajstić information content (AvgIpc) is 2.56. The molecule has 0 aromatic heterocycles. The van der Waals surface area contributed by atoms with Gasteiger partial charge >= 0.3 is 0 Å². The summed E-state index contributed by atoms with van der Waals surface area (Å²) in [4.78, 5) is 0. The number of fused-ring (bicyclic) bond motifs is 1. The summed E-state index contributed by atoms with van der Waals surface area (Å²) < 4.78 is 11.6. The van der Waals surface area contributed by atoms with E-state index in [1.165, 1.54) is 22.3 Å². The molecule has 3 rings (SSSR count). The van der Waals surface area contributed by atoms with Crippen LogP contribution in [0.4, 0.5) is 0 Å². The van der Waals surface area contributed by atoms with Crippen LogP contribution in [-0.4, -0.2) is 19.8 Å². The van der Waals surface area contributed by atoms with Crippen molar-refractivity contribution >= 4 is 0 Å². The molecule has 1 unspecified atom stereocenters. The molecule has 0 radical (unpaired) electrons. The first kappa shape index (κ1) is 15.9. The minimum atomic E-state index is 0.217. The molecular formula is C20H25NO2. The van der Waals surface area contributed by atoms with Gasteiger partial charge in [0.2, 0.25) is 0 Å². The van der Waals surface area contributed by atoms with E-state index in [1.54, 1.807) is 0 Å². The van der Waals surface area contributed by atoms with E-state index < -0.39 is 0 Å². The third-order valence-corrected chi connectivity index (χ3v) is 4.27. The standard InChI is InChI=1S/C20H25NO2/c1-4-22-18-12-16-10-11-21-20(15-8-6-14(3)7-9-15)17(16)13-19(18)23-5-2/h6-9,12-13,20-21H,4-5,10-11H2,1-3H3. The van der Waals surface area contributed by atoms with Crippen molar-refractivity contribution in [3.8, 4) is 11.5 Å². The van der Waals surface area contributed by atoms with Crippen LogP contribution < -0.4 is 14.8 Å². The predicted octanol–water partition coefficient (Wildman–Crippen LogP) is 4.03. The molecule has 0 saturated carbocycles. The Morgan fingerprint density at radius 2 is 1.65 bits per heavy atom. The molecule has 0 spiro atoms. The topological polar surface area (TPSA) is 30.5 Å². The average molecular weight is 311 g/mol. The maximum absolute atomic E-state index is 5.81.